The van der Waals surface area contributed by atoms with E-state index in [0.29, 0.717) is 36.1 Å². The fourth-order valence-corrected chi connectivity index (χ4v) is 2.37. The van der Waals surface area contributed by atoms with E-state index in [-0.39, 0.29) is 17.6 Å². The number of aromatic nitrogens is 2. The van der Waals surface area contributed by atoms with Crippen molar-refractivity contribution in [1.29, 1.82) is 0 Å². The number of nitrogens with zero attached hydrogens (tertiary/aromatic N) is 2. The van der Waals surface area contributed by atoms with Gasteiger partial charge in [0, 0.05) is 17.7 Å². The minimum atomic E-state index is -0.366. The van der Waals surface area contributed by atoms with E-state index in [4.69, 9.17) is 9.47 Å². The van der Waals surface area contributed by atoms with Crippen LogP contribution < -0.4 is 14.8 Å². The zero-order valence-electron chi connectivity index (χ0n) is 11.3. The van der Waals surface area contributed by atoms with Gasteiger partial charge < -0.3 is 14.8 Å². The fraction of sp³-hybridized carbons (Fsp3) is 0.333. The lowest BCUT2D eigenvalue weighted by molar-refractivity contribution is 0.171. The first-order valence-electron chi connectivity index (χ1n) is 6.98. The molecule has 6 heteroatoms. The fourth-order valence-electron chi connectivity index (χ4n) is 2.37. The van der Waals surface area contributed by atoms with Crippen molar-refractivity contribution in [3.05, 3.63) is 36.0 Å². The Bertz CT molecular complexity index is 689. The van der Waals surface area contributed by atoms with E-state index in [0.717, 1.165) is 12.8 Å². The average molecular weight is 287 g/mol. The maximum Gasteiger partial charge on any atom is 0.187 e. The number of nitrogens with one attached hydrogen (secondary N) is 1. The monoisotopic (exact) mass is 287 g/mol. The van der Waals surface area contributed by atoms with Gasteiger partial charge in [0.2, 0.25) is 0 Å². The smallest absolute Gasteiger partial charge is 0.187 e. The molecule has 5 nitrogen and oxygen atoms in total. The van der Waals surface area contributed by atoms with Crippen LogP contribution in [0.4, 0.5) is 15.9 Å². The summed E-state index contributed by atoms with van der Waals surface area (Å²) in [6.45, 7) is 1.06. The Labute approximate surface area is 121 Å². The molecule has 0 bridgehead atoms. The average Bonchev–Trinajstić information content (AvgIpc) is 3.34. The van der Waals surface area contributed by atoms with E-state index in [1.807, 2.05) is 6.07 Å². The van der Waals surface area contributed by atoms with Gasteiger partial charge in [-0.2, -0.15) is 0 Å². The summed E-state index contributed by atoms with van der Waals surface area (Å²) in [6, 6.07) is 5.40. The number of halogens is 1. The Morgan fingerprint density at radius 1 is 1.10 bits per heavy atom. The molecule has 0 unspecified atom stereocenters. The molecule has 0 atom stereocenters. The minimum Gasteiger partial charge on any atom is -0.486 e. The molecule has 21 heavy (non-hydrogen) atoms. The number of hydrogen-bond acceptors (Lipinski definition) is 5. The molecule has 0 amide bonds. The minimum absolute atomic E-state index is 0.198. The highest BCUT2D eigenvalue weighted by atomic mass is 19.1. The Balaban J connectivity index is 1.62. The Hall–Kier alpha value is -2.37. The number of anilines is 2. The van der Waals surface area contributed by atoms with Crippen LogP contribution in [0.1, 0.15) is 24.5 Å². The van der Waals surface area contributed by atoms with Crippen LogP contribution in [0.2, 0.25) is 0 Å². The first-order valence-corrected chi connectivity index (χ1v) is 6.98. The van der Waals surface area contributed by atoms with Crippen LogP contribution in [0.25, 0.3) is 0 Å². The van der Waals surface area contributed by atoms with Crippen LogP contribution in [0.5, 0.6) is 11.5 Å². The molecule has 0 spiro atoms. The van der Waals surface area contributed by atoms with Crippen LogP contribution in [0.15, 0.2) is 24.5 Å². The lowest BCUT2D eigenvalue weighted by atomic mass is 10.2. The third-order valence-electron chi connectivity index (χ3n) is 3.59. The van der Waals surface area contributed by atoms with Gasteiger partial charge in [0.15, 0.2) is 23.1 Å². The third-order valence-corrected chi connectivity index (χ3v) is 3.59. The van der Waals surface area contributed by atoms with Crippen molar-refractivity contribution in [3.8, 4) is 11.5 Å². The molecule has 108 valence electrons. The maximum atomic E-state index is 14.3. The van der Waals surface area contributed by atoms with E-state index >= 15 is 0 Å². The van der Waals surface area contributed by atoms with E-state index in [2.05, 4.69) is 15.3 Å². The van der Waals surface area contributed by atoms with Crippen LogP contribution in [0, 0.1) is 5.82 Å². The van der Waals surface area contributed by atoms with E-state index < -0.39 is 0 Å². The van der Waals surface area contributed by atoms with Crippen molar-refractivity contribution < 1.29 is 13.9 Å². The SMILES string of the molecule is Fc1c(Nc2ccc3c(c2)OCCO3)ncnc1C1CC1. The zero-order valence-corrected chi connectivity index (χ0v) is 11.3. The molecular weight excluding hydrogens is 273 g/mol. The second kappa shape index (κ2) is 4.87. The molecule has 1 aromatic heterocycles. The molecule has 1 fully saturated rings. The molecule has 4 rings (SSSR count). The van der Waals surface area contributed by atoms with Gasteiger partial charge in [0.1, 0.15) is 19.5 Å². The van der Waals surface area contributed by atoms with Crippen LogP contribution in [0.3, 0.4) is 0 Å². The molecule has 1 aromatic carbocycles. The van der Waals surface area contributed by atoms with Crippen molar-refractivity contribution in [2.75, 3.05) is 18.5 Å². The Morgan fingerprint density at radius 3 is 2.71 bits per heavy atom. The van der Waals surface area contributed by atoms with Gasteiger partial charge in [-0.05, 0) is 25.0 Å². The summed E-state index contributed by atoms with van der Waals surface area (Å²) in [5, 5.41) is 2.98. The van der Waals surface area contributed by atoms with Crippen LogP contribution >= 0.6 is 0 Å². The zero-order chi connectivity index (χ0) is 14.2. The maximum absolute atomic E-state index is 14.3. The predicted molar refractivity (Wildman–Crippen MR) is 74.7 cm³/mol. The summed E-state index contributed by atoms with van der Waals surface area (Å²) in [5.74, 6) is 1.43. The molecule has 1 aliphatic carbocycles. The van der Waals surface area contributed by atoms with E-state index in [9.17, 15) is 4.39 Å². The number of fused-ring (bicyclic) bond motifs is 1. The molecular formula is C15H14FN3O2. The predicted octanol–water partition coefficient (Wildman–Crippen LogP) is 3.01. The van der Waals surface area contributed by atoms with E-state index in [1.165, 1.54) is 6.33 Å². The van der Waals surface area contributed by atoms with Gasteiger partial charge in [0.25, 0.3) is 0 Å². The van der Waals surface area contributed by atoms with Gasteiger partial charge in [-0.1, -0.05) is 0 Å². The Kier molecular flexibility index (Phi) is 2.87. The lowest BCUT2D eigenvalue weighted by Gasteiger charge is -2.19. The third kappa shape index (κ3) is 2.37. The van der Waals surface area contributed by atoms with Crippen LogP contribution in [-0.2, 0) is 0 Å². The van der Waals surface area contributed by atoms with Gasteiger partial charge in [0.05, 0.1) is 5.69 Å². The molecule has 1 saturated carbocycles. The highest BCUT2D eigenvalue weighted by Crippen LogP contribution is 2.41. The molecule has 2 heterocycles. The number of hydrogen-bond donors (Lipinski definition) is 1. The standard InChI is InChI=1S/C15H14FN3O2/c16-13-14(9-1-2-9)17-8-18-15(13)19-10-3-4-11-12(7-10)21-6-5-20-11/h3-4,7-9H,1-2,5-6H2,(H,17,18,19). The second-order valence-corrected chi connectivity index (χ2v) is 5.18. The normalized spacial score (nSPS) is 16.6. The first-order chi connectivity index (χ1) is 10.3. The molecule has 0 saturated heterocycles. The van der Waals surface area contributed by atoms with E-state index in [1.54, 1.807) is 12.1 Å². The quantitative estimate of drug-likeness (QED) is 0.940. The molecule has 1 N–H and O–H groups in total. The van der Waals surface area contributed by atoms with Gasteiger partial charge in [-0.25, -0.2) is 14.4 Å². The van der Waals surface area contributed by atoms with Gasteiger partial charge >= 0.3 is 0 Å². The first kappa shape index (κ1) is 12.4. The molecule has 1 aliphatic heterocycles. The highest BCUT2D eigenvalue weighted by molar-refractivity contribution is 5.62. The largest absolute Gasteiger partial charge is 0.486 e. The summed E-state index contributed by atoms with van der Waals surface area (Å²) in [4.78, 5) is 8.03. The summed E-state index contributed by atoms with van der Waals surface area (Å²) in [6.07, 6.45) is 3.39. The van der Waals surface area contributed by atoms with Crippen LogP contribution in [-0.4, -0.2) is 23.2 Å². The molecule has 2 aromatic rings. The summed E-state index contributed by atoms with van der Waals surface area (Å²) in [5.41, 5.74) is 1.21. The number of rotatable bonds is 3. The van der Waals surface area contributed by atoms with Gasteiger partial charge in [-0.3, -0.25) is 0 Å². The number of ether oxygens (including phenoxy) is 2. The summed E-state index contributed by atoms with van der Waals surface area (Å²) < 4.78 is 25.3. The van der Waals surface area contributed by atoms with Gasteiger partial charge in [-0.15, -0.1) is 0 Å². The van der Waals surface area contributed by atoms with Crippen molar-refractivity contribution in [2.45, 2.75) is 18.8 Å². The molecule has 2 aliphatic rings. The summed E-state index contributed by atoms with van der Waals surface area (Å²) in [7, 11) is 0. The Morgan fingerprint density at radius 2 is 1.90 bits per heavy atom. The summed E-state index contributed by atoms with van der Waals surface area (Å²) >= 11 is 0. The van der Waals surface area contributed by atoms with Crippen molar-refractivity contribution >= 4 is 11.5 Å². The topological polar surface area (TPSA) is 56.3 Å². The second-order valence-electron chi connectivity index (χ2n) is 5.18. The van der Waals surface area contributed by atoms with Crippen molar-refractivity contribution in [1.82, 2.24) is 9.97 Å². The lowest BCUT2D eigenvalue weighted by Crippen LogP contribution is -2.15. The highest BCUT2D eigenvalue weighted by Gasteiger charge is 2.29. The van der Waals surface area contributed by atoms with Crippen molar-refractivity contribution in [2.24, 2.45) is 0 Å². The van der Waals surface area contributed by atoms with Crippen molar-refractivity contribution in [3.63, 3.8) is 0 Å². The molecule has 0 radical (unpaired) electrons. The number of benzene rings is 1.